The molecule has 0 aliphatic heterocycles. The molecule has 1 aromatic carbocycles. The highest BCUT2D eigenvalue weighted by Gasteiger charge is 1.94. The highest BCUT2D eigenvalue weighted by molar-refractivity contribution is 5.37. The Morgan fingerprint density at radius 1 is 1.00 bits per heavy atom. The number of hydrogen-bond donors (Lipinski definition) is 1. The fourth-order valence-electron chi connectivity index (χ4n) is 0.575. The Balaban J connectivity index is 0.000000461. The molecule has 0 heterocycles. The van der Waals surface area contributed by atoms with Crippen LogP contribution in [-0.2, 0) is 0 Å². The fraction of sp³-hybridized carbons (Fsp3) is 0.250. The molecule has 0 fully saturated rings. The molecule has 0 amide bonds. The van der Waals surface area contributed by atoms with Crippen molar-refractivity contribution in [2.24, 2.45) is 0 Å². The van der Waals surface area contributed by atoms with Crippen molar-refractivity contribution < 1.29 is 8.78 Å². The lowest BCUT2D eigenvalue weighted by Crippen LogP contribution is -1.87. The van der Waals surface area contributed by atoms with Gasteiger partial charge in [0, 0.05) is 11.8 Å². The van der Waals surface area contributed by atoms with Crippen molar-refractivity contribution in [1.82, 2.24) is 0 Å². The van der Waals surface area contributed by atoms with E-state index in [0.717, 1.165) is 18.2 Å². The van der Waals surface area contributed by atoms with Crippen molar-refractivity contribution in [2.75, 3.05) is 5.73 Å². The highest BCUT2D eigenvalue weighted by Crippen LogP contribution is 2.07. The molecule has 0 spiro atoms. The van der Waals surface area contributed by atoms with Gasteiger partial charge < -0.3 is 5.73 Å². The Hall–Kier alpha value is -1.12. The number of nitrogens with two attached hydrogens (primary N) is 1. The first kappa shape index (κ1) is 9.88. The van der Waals surface area contributed by atoms with Crippen LogP contribution in [0, 0.1) is 11.6 Å². The smallest absolute Gasteiger partial charge is 0.128 e. The van der Waals surface area contributed by atoms with Gasteiger partial charge in [-0.2, -0.15) is 0 Å². The minimum atomic E-state index is -0.646. The number of anilines is 1. The van der Waals surface area contributed by atoms with Gasteiger partial charge in [0.2, 0.25) is 0 Å². The highest BCUT2D eigenvalue weighted by atomic mass is 19.1. The number of hydrogen-bond acceptors (Lipinski definition) is 1. The number of benzene rings is 1. The molecule has 1 nitrogen and oxygen atoms in total. The van der Waals surface area contributed by atoms with Crippen molar-refractivity contribution in [3.63, 3.8) is 0 Å². The summed E-state index contributed by atoms with van der Waals surface area (Å²) in [6, 6.07) is 2.89. The Labute approximate surface area is 64.8 Å². The van der Waals surface area contributed by atoms with E-state index in [9.17, 15) is 8.78 Å². The molecule has 0 aromatic heterocycles. The van der Waals surface area contributed by atoms with Crippen LogP contribution < -0.4 is 5.73 Å². The van der Waals surface area contributed by atoms with Gasteiger partial charge in [0.1, 0.15) is 11.6 Å². The number of nitrogen functional groups attached to an aromatic ring is 1. The molecule has 0 radical (unpaired) electrons. The number of halogens is 2. The van der Waals surface area contributed by atoms with E-state index in [-0.39, 0.29) is 5.69 Å². The SMILES string of the molecule is CC.Nc1cc(F)cc(F)c1. The Morgan fingerprint density at radius 3 is 1.64 bits per heavy atom. The maximum absolute atomic E-state index is 12.1. The zero-order chi connectivity index (χ0) is 8.85. The van der Waals surface area contributed by atoms with Crippen molar-refractivity contribution in [2.45, 2.75) is 13.8 Å². The summed E-state index contributed by atoms with van der Waals surface area (Å²) in [7, 11) is 0. The summed E-state index contributed by atoms with van der Waals surface area (Å²) in [4.78, 5) is 0. The normalized spacial score (nSPS) is 8.36. The molecule has 1 aromatic rings. The molecule has 1 rings (SSSR count). The zero-order valence-electron chi connectivity index (χ0n) is 6.57. The third-order valence-electron chi connectivity index (χ3n) is 0.885. The van der Waals surface area contributed by atoms with Crippen LogP contribution in [-0.4, -0.2) is 0 Å². The van der Waals surface area contributed by atoms with Gasteiger partial charge >= 0.3 is 0 Å². The molecule has 11 heavy (non-hydrogen) atoms. The predicted octanol–water partition coefficient (Wildman–Crippen LogP) is 2.57. The first-order valence-electron chi connectivity index (χ1n) is 3.40. The molecule has 62 valence electrons. The third kappa shape index (κ3) is 3.55. The summed E-state index contributed by atoms with van der Waals surface area (Å²) in [5.41, 5.74) is 5.18. The van der Waals surface area contributed by atoms with Crippen LogP contribution in [0.3, 0.4) is 0 Å². The largest absolute Gasteiger partial charge is 0.399 e. The zero-order valence-corrected chi connectivity index (χ0v) is 6.57. The van der Waals surface area contributed by atoms with Crippen LogP contribution in [0.2, 0.25) is 0 Å². The molecule has 0 bridgehead atoms. The molecule has 3 heteroatoms. The number of rotatable bonds is 0. The van der Waals surface area contributed by atoms with E-state index in [0.29, 0.717) is 0 Å². The first-order chi connectivity index (χ1) is 5.18. The quantitative estimate of drug-likeness (QED) is 0.578. The second kappa shape index (κ2) is 4.66. The monoisotopic (exact) mass is 159 g/mol. The van der Waals surface area contributed by atoms with E-state index in [1.807, 2.05) is 13.8 Å². The fourth-order valence-corrected chi connectivity index (χ4v) is 0.575. The molecule has 2 N–H and O–H groups in total. The standard InChI is InChI=1S/C6H5F2N.C2H6/c7-4-1-5(8)3-6(9)2-4;1-2/h1-3H,9H2;1-2H3. The van der Waals surface area contributed by atoms with E-state index in [2.05, 4.69) is 0 Å². The average molecular weight is 159 g/mol. The van der Waals surface area contributed by atoms with Gasteiger partial charge in [0.15, 0.2) is 0 Å². The minimum Gasteiger partial charge on any atom is -0.399 e. The molecule has 0 saturated carbocycles. The van der Waals surface area contributed by atoms with Crippen molar-refractivity contribution in [1.29, 1.82) is 0 Å². The van der Waals surface area contributed by atoms with E-state index in [1.54, 1.807) is 0 Å². The lowest BCUT2D eigenvalue weighted by atomic mass is 10.3. The lowest BCUT2D eigenvalue weighted by molar-refractivity contribution is 0.584. The van der Waals surface area contributed by atoms with Gasteiger partial charge in [-0.15, -0.1) is 0 Å². The van der Waals surface area contributed by atoms with Crippen LogP contribution in [0.4, 0.5) is 14.5 Å². The van der Waals surface area contributed by atoms with Crippen molar-refractivity contribution >= 4 is 5.69 Å². The van der Waals surface area contributed by atoms with E-state index in [4.69, 9.17) is 5.73 Å². The van der Waals surface area contributed by atoms with Crippen molar-refractivity contribution in [3.05, 3.63) is 29.8 Å². The molecule has 0 aliphatic carbocycles. The lowest BCUT2D eigenvalue weighted by Gasteiger charge is -1.91. The van der Waals surface area contributed by atoms with Gasteiger partial charge in [-0.05, 0) is 12.1 Å². The van der Waals surface area contributed by atoms with Gasteiger partial charge in [-0.1, -0.05) is 13.8 Å². The van der Waals surface area contributed by atoms with Gasteiger partial charge in [-0.25, -0.2) is 8.78 Å². The Kier molecular flexibility index (Phi) is 4.18. The van der Waals surface area contributed by atoms with Crippen LogP contribution in [0.1, 0.15) is 13.8 Å². The summed E-state index contributed by atoms with van der Waals surface area (Å²) in [6.07, 6.45) is 0. The third-order valence-corrected chi connectivity index (χ3v) is 0.885. The second-order valence-corrected chi connectivity index (χ2v) is 1.70. The van der Waals surface area contributed by atoms with Crippen LogP contribution >= 0.6 is 0 Å². The van der Waals surface area contributed by atoms with Crippen LogP contribution in [0.15, 0.2) is 18.2 Å². The maximum Gasteiger partial charge on any atom is 0.128 e. The van der Waals surface area contributed by atoms with Gasteiger partial charge in [-0.3, -0.25) is 0 Å². The van der Waals surface area contributed by atoms with E-state index >= 15 is 0 Å². The van der Waals surface area contributed by atoms with Crippen LogP contribution in [0.25, 0.3) is 0 Å². The summed E-state index contributed by atoms with van der Waals surface area (Å²) in [5, 5.41) is 0. The molecule has 0 aliphatic rings. The van der Waals surface area contributed by atoms with Crippen LogP contribution in [0.5, 0.6) is 0 Å². The van der Waals surface area contributed by atoms with Gasteiger partial charge in [0.25, 0.3) is 0 Å². The van der Waals surface area contributed by atoms with Crippen molar-refractivity contribution in [3.8, 4) is 0 Å². The molecule has 0 unspecified atom stereocenters. The molecule has 0 atom stereocenters. The van der Waals surface area contributed by atoms with E-state index in [1.165, 1.54) is 0 Å². The topological polar surface area (TPSA) is 26.0 Å². The Morgan fingerprint density at radius 2 is 1.36 bits per heavy atom. The average Bonchev–Trinajstić information content (AvgIpc) is 1.88. The second-order valence-electron chi connectivity index (χ2n) is 1.70. The summed E-state index contributed by atoms with van der Waals surface area (Å²) in [5.74, 6) is -1.29. The van der Waals surface area contributed by atoms with Gasteiger partial charge in [0.05, 0.1) is 0 Å². The molecule has 0 saturated heterocycles. The van der Waals surface area contributed by atoms with E-state index < -0.39 is 11.6 Å². The summed E-state index contributed by atoms with van der Waals surface area (Å²) >= 11 is 0. The Bertz CT molecular complexity index is 173. The maximum atomic E-state index is 12.1. The summed E-state index contributed by atoms with van der Waals surface area (Å²) < 4.78 is 24.2. The molecular formula is C8H11F2N. The minimum absolute atomic E-state index is 0.104. The summed E-state index contributed by atoms with van der Waals surface area (Å²) in [6.45, 7) is 4.00. The predicted molar refractivity (Wildman–Crippen MR) is 42.1 cm³/mol. The first-order valence-corrected chi connectivity index (χ1v) is 3.40. The molecular weight excluding hydrogens is 148 g/mol.